The average molecular weight is 766 g/mol. The Morgan fingerprint density at radius 3 is 1.43 bits per heavy atom. The van der Waals surface area contributed by atoms with E-state index in [0.717, 1.165) is 75.0 Å². The number of hydrogen-bond donors (Lipinski definition) is 1. The minimum atomic E-state index is -1.02. The average Bonchev–Trinajstić information content (AvgIpc) is 3.59. The molecular weight excluding hydrogens is 707 g/mol. The maximum Gasteiger partial charge on any atom is 0.350 e. The van der Waals surface area contributed by atoms with Crippen molar-refractivity contribution in [2.24, 2.45) is 47.3 Å². The van der Waals surface area contributed by atoms with Crippen LogP contribution in [-0.2, 0) is 19.1 Å². The van der Waals surface area contributed by atoms with E-state index in [2.05, 4.69) is 13.8 Å². The lowest BCUT2D eigenvalue weighted by molar-refractivity contribution is -0.141. The number of nitrogens with zero attached hydrogens (tertiary/aromatic N) is 1. The van der Waals surface area contributed by atoms with Crippen molar-refractivity contribution >= 4 is 41.4 Å². The van der Waals surface area contributed by atoms with Gasteiger partial charge in [-0.05, 0) is 139 Å². The van der Waals surface area contributed by atoms with Crippen LogP contribution in [-0.4, -0.2) is 35.2 Å². The predicted octanol–water partition coefficient (Wildman–Crippen LogP) is 10.4. The highest BCUT2D eigenvalue weighted by atomic mass is 32.2. The lowest BCUT2D eigenvalue weighted by Crippen LogP contribution is -2.30. The highest BCUT2D eigenvalue weighted by molar-refractivity contribution is 8.24. The van der Waals surface area contributed by atoms with Gasteiger partial charge in [-0.15, -0.1) is 0 Å². The third-order valence-electron chi connectivity index (χ3n) is 13.0. The van der Waals surface area contributed by atoms with Crippen molar-refractivity contribution in [3.05, 3.63) is 21.9 Å². The number of nitriles is 1. The van der Waals surface area contributed by atoms with E-state index >= 15 is 0 Å². The summed E-state index contributed by atoms with van der Waals surface area (Å²) in [6, 6.07) is 5.36. The normalized spacial score (nSPS) is 30.5. The standard InChI is InChI=1S/C43H59NO7S2/c1-26-5-9-28(10-6-26)30-13-17-32(18-14-30)39(45)50-35-21-22-36(51-40(46)33-19-15-31(16-20-33)29-11-7-27(2)8-12-29)38-37(35)52-42(53-38)34(25-44)41(47)49-24-23-43(3,4)48/h21-22,26-33,48H,5-20,23-24H2,1-4H3. The molecule has 1 N–H and O–H groups in total. The van der Waals surface area contributed by atoms with Crippen LogP contribution in [0.25, 0.3) is 0 Å². The molecule has 0 atom stereocenters. The van der Waals surface area contributed by atoms with Gasteiger partial charge in [-0.25, -0.2) is 4.79 Å². The van der Waals surface area contributed by atoms with E-state index in [4.69, 9.17) is 14.2 Å². The van der Waals surface area contributed by atoms with Gasteiger partial charge in [0.05, 0.1) is 38.1 Å². The summed E-state index contributed by atoms with van der Waals surface area (Å²) in [7, 11) is 0. The van der Waals surface area contributed by atoms with Crippen molar-refractivity contribution in [3.8, 4) is 17.6 Å². The van der Waals surface area contributed by atoms with Gasteiger partial charge in [-0.1, -0.05) is 63.1 Å². The topological polar surface area (TPSA) is 123 Å². The van der Waals surface area contributed by atoms with E-state index in [1.807, 2.05) is 6.07 Å². The Labute approximate surface area is 324 Å². The molecule has 0 spiro atoms. The molecule has 0 bridgehead atoms. The monoisotopic (exact) mass is 765 g/mol. The lowest BCUT2D eigenvalue weighted by atomic mass is 9.69. The second-order valence-corrected chi connectivity index (χ2v) is 19.8. The Balaban J connectivity index is 1.14. The number of carbonyl (C=O) groups excluding carboxylic acids is 3. The molecule has 4 saturated carbocycles. The third-order valence-corrected chi connectivity index (χ3v) is 15.6. The summed E-state index contributed by atoms with van der Waals surface area (Å²) >= 11 is 2.33. The van der Waals surface area contributed by atoms with Crippen molar-refractivity contribution in [2.75, 3.05) is 6.61 Å². The van der Waals surface area contributed by atoms with Crippen molar-refractivity contribution in [1.29, 1.82) is 5.26 Å². The molecule has 6 rings (SSSR count). The van der Waals surface area contributed by atoms with Crippen LogP contribution >= 0.6 is 23.5 Å². The molecule has 10 heteroatoms. The minimum Gasteiger partial charge on any atom is -0.461 e. The fraction of sp³-hybridized carbons (Fsp3) is 0.721. The van der Waals surface area contributed by atoms with Gasteiger partial charge < -0.3 is 19.3 Å². The number of hydrogen-bond acceptors (Lipinski definition) is 10. The minimum absolute atomic E-state index is 0.0426. The van der Waals surface area contributed by atoms with Gasteiger partial charge in [0.15, 0.2) is 5.57 Å². The number of carbonyl (C=O) groups is 3. The molecule has 8 nitrogen and oxygen atoms in total. The van der Waals surface area contributed by atoms with E-state index in [-0.39, 0.29) is 42.4 Å². The first-order valence-corrected chi connectivity index (χ1v) is 22.0. The molecule has 0 unspecified atom stereocenters. The summed E-state index contributed by atoms with van der Waals surface area (Å²) in [5, 5.41) is 20.1. The van der Waals surface area contributed by atoms with E-state index in [1.165, 1.54) is 74.9 Å². The molecule has 4 fully saturated rings. The number of fused-ring (bicyclic) bond motifs is 1. The zero-order valence-corrected chi connectivity index (χ0v) is 33.8. The summed E-state index contributed by atoms with van der Waals surface area (Å²) in [5.74, 6) is 3.58. The van der Waals surface area contributed by atoms with Crippen LogP contribution in [0.4, 0.5) is 0 Å². The summed E-state index contributed by atoms with van der Waals surface area (Å²) in [5.41, 5.74) is -1.20. The van der Waals surface area contributed by atoms with Crippen LogP contribution in [0.3, 0.4) is 0 Å². The lowest BCUT2D eigenvalue weighted by Gasteiger charge is -2.36. The van der Waals surface area contributed by atoms with Crippen molar-refractivity contribution in [1.82, 2.24) is 0 Å². The van der Waals surface area contributed by atoms with Crippen molar-refractivity contribution in [2.45, 2.75) is 152 Å². The SMILES string of the molecule is CC1CCC(C2CCC(C(=O)Oc3ccc(OC(=O)C4CCC(C5CCC(C)CC5)CC4)c4c3SC(=C(C#N)C(=O)OCCC(C)(C)O)S4)CC2)CC1. The Morgan fingerprint density at radius 2 is 1.08 bits per heavy atom. The first kappa shape index (κ1) is 40.2. The van der Waals surface area contributed by atoms with Gasteiger partial charge in [-0.2, -0.15) is 5.26 Å². The van der Waals surface area contributed by atoms with Crippen LogP contribution < -0.4 is 9.47 Å². The van der Waals surface area contributed by atoms with E-state index in [9.17, 15) is 24.8 Å². The molecule has 1 aromatic rings. The molecule has 0 radical (unpaired) electrons. The molecule has 1 aromatic carbocycles. The highest BCUT2D eigenvalue weighted by Gasteiger charge is 2.38. The summed E-state index contributed by atoms with van der Waals surface area (Å²) in [6.45, 7) is 7.91. The molecule has 0 aromatic heterocycles. The van der Waals surface area contributed by atoms with Crippen LogP contribution in [0, 0.1) is 58.7 Å². The van der Waals surface area contributed by atoms with Crippen LogP contribution in [0.1, 0.15) is 137 Å². The van der Waals surface area contributed by atoms with Gasteiger partial charge in [0, 0.05) is 6.42 Å². The fourth-order valence-corrected chi connectivity index (χ4v) is 11.9. The van der Waals surface area contributed by atoms with E-state index in [1.54, 1.807) is 26.0 Å². The van der Waals surface area contributed by atoms with Gasteiger partial charge in [0.1, 0.15) is 17.6 Å². The number of benzene rings is 1. The maximum absolute atomic E-state index is 13.6. The zero-order chi connectivity index (χ0) is 37.7. The Hall–Kier alpha value is -2.48. The number of aliphatic hydroxyl groups is 1. The summed E-state index contributed by atoms with van der Waals surface area (Å²) in [6.07, 6.45) is 18.1. The first-order valence-electron chi connectivity index (χ1n) is 20.4. The summed E-state index contributed by atoms with van der Waals surface area (Å²) < 4.78 is 18.0. The van der Waals surface area contributed by atoms with Crippen LogP contribution in [0.15, 0.2) is 31.7 Å². The number of ether oxygens (including phenoxy) is 3. The maximum atomic E-state index is 13.6. The third kappa shape index (κ3) is 10.4. The second kappa shape index (κ2) is 18.0. The molecular formula is C43H59NO7S2. The Bertz CT molecular complexity index is 1460. The van der Waals surface area contributed by atoms with E-state index < -0.39 is 11.6 Å². The highest BCUT2D eigenvalue weighted by Crippen LogP contribution is 2.59. The smallest absolute Gasteiger partial charge is 0.350 e. The molecule has 53 heavy (non-hydrogen) atoms. The molecule has 4 aliphatic carbocycles. The van der Waals surface area contributed by atoms with Gasteiger partial charge in [0.25, 0.3) is 0 Å². The molecule has 1 aliphatic heterocycles. The number of esters is 3. The molecule has 0 amide bonds. The molecule has 1 heterocycles. The number of thioether (sulfide) groups is 2. The molecule has 290 valence electrons. The summed E-state index contributed by atoms with van der Waals surface area (Å²) in [4.78, 5) is 41.4. The van der Waals surface area contributed by atoms with Gasteiger partial charge in [-0.3, -0.25) is 9.59 Å². The van der Waals surface area contributed by atoms with E-state index in [0.29, 0.717) is 37.4 Å². The quantitative estimate of drug-likeness (QED) is 0.107. The largest absolute Gasteiger partial charge is 0.461 e. The first-order chi connectivity index (χ1) is 25.4. The zero-order valence-electron chi connectivity index (χ0n) is 32.2. The van der Waals surface area contributed by atoms with Crippen molar-refractivity contribution in [3.63, 3.8) is 0 Å². The molecule has 5 aliphatic rings. The van der Waals surface area contributed by atoms with Gasteiger partial charge >= 0.3 is 17.9 Å². The second-order valence-electron chi connectivity index (χ2n) is 17.5. The Kier molecular flexibility index (Phi) is 13.6. The fourth-order valence-electron chi connectivity index (χ4n) is 9.38. The van der Waals surface area contributed by atoms with Crippen LogP contribution in [0.5, 0.6) is 11.5 Å². The predicted molar refractivity (Wildman–Crippen MR) is 207 cm³/mol. The molecule has 0 saturated heterocycles. The Morgan fingerprint density at radius 1 is 0.698 bits per heavy atom. The van der Waals surface area contributed by atoms with Crippen LogP contribution in [0.2, 0.25) is 0 Å². The van der Waals surface area contributed by atoms with Crippen molar-refractivity contribution < 1.29 is 33.7 Å². The number of rotatable bonds is 10. The van der Waals surface area contributed by atoms with Gasteiger partial charge in [0.2, 0.25) is 0 Å².